The predicted octanol–water partition coefficient (Wildman–Crippen LogP) is 3.65. The first kappa shape index (κ1) is 27.3. The Bertz CT molecular complexity index is 1320. The van der Waals surface area contributed by atoms with Crippen molar-refractivity contribution in [3.8, 4) is 0 Å². The highest BCUT2D eigenvalue weighted by molar-refractivity contribution is 5.91. The van der Waals surface area contributed by atoms with Crippen molar-refractivity contribution in [1.82, 2.24) is 24.7 Å². The van der Waals surface area contributed by atoms with Crippen LogP contribution >= 0.6 is 0 Å². The minimum atomic E-state index is -4.82. The number of fused-ring (bicyclic) bond motifs is 2. The summed E-state index contributed by atoms with van der Waals surface area (Å²) in [5.74, 6) is -0.626. The van der Waals surface area contributed by atoms with Crippen LogP contribution in [0.5, 0.6) is 0 Å². The molecule has 0 bridgehead atoms. The number of carbonyl (C=O) groups is 2. The van der Waals surface area contributed by atoms with E-state index < -0.39 is 29.0 Å². The molecule has 39 heavy (non-hydrogen) atoms. The van der Waals surface area contributed by atoms with Crippen LogP contribution in [0, 0.1) is 12.7 Å². The third kappa shape index (κ3) is 4.72. The van der Waals surface area contributed by atoms with Crippen molar-refractivity contribution in [3.63, 3.8) is 0 Å². The number of nitrogens with one attached hydrogen (secondary N) is 1. The zero-order valence-corrected chi connectivity index (χ0v) is 22.4. The van der Waals surface area contributed by atoms with Crippen LogP contribution in [-0.2, 0) is 27.7 Å². The molecule has 3 aliphatic heterocycles. The summed E-state index contributed by atoms with van der Waals surface area (Å²) in [4.78, 5) is 41.0. The van der Waals surface area contributed by atoms with Crippen LogP contribution in [0.3, 0.4) is 0 Å². The lowest BCUT2D eigenvalue weighted by Crippen LogP contribution is -2.56. The molecule has 3 atom stereocenters. The maximum atomic E-state index is 15.0. The molecule has 8 nitrogen and oxygen atoms in total. The zero-order valence-electron chi connectivity index (χ0n) is 22.4. The summed E-state index contributed by atoms with van der Waals surface area (Å²) in [5.41, 5.74) is -1.07. The average molecular weight is 549 g/mol. The van der Waals surface area contributed by atoms with Gasteiger partial charge in [-0.2, -0.15) is 13.2 Å². The number of alkyl halides is 3. The molecule has 2 saturated heterocycles. The highest BCUT2D eigenvalue weighted by atomic mass is 19.4. The second kappa shape index (κ2) is 9.72. The molecule has 5 rings (SSSR count). The molecule has 0 saturated carbocycles. The molecule has 1 unspecified atom stereocenters. The number of amides is 2. The van der Waals surface area contributed by atoms with Gasteiger partial charge in [-0.3, -0.25) is 9.59 Å². The van der Waals surface area contributed by atoms with Crippen LogP contribution in [-0.4, -0.2) is 75.8 Å². The normalized spacial score (nSPS) is 24.4. The van der Waals surface area contributed by atoms with Crippen molar-refractivity contribution in [1.29, 1.82) is 0 Å². The number of hydrogen-bond donors (Lipinski definition) is 1. The van der Waals surface area contributed by atoms with E-state index in [0.717, 1.165) is 6.07 Å². The summed E-state index contributed by atoms with van der Waals surface area (Å²) in [6.45, 7) is 7.13. The molecule has 1 spiro atoms. The Morgan fingerprint density at radius 3 is 2.59 bits per heavy atom. The first-order valence-electron chi connectivity index (χ1n) is 13.1. The average Bonchev–Trinajstić information content (AvgIpc) is 3.49. The summed E-state index contributed by atoms with van der Waals surface area (Å²) in [5, 5.41) is 3.14. The van der Waals surface area contributed by atoms with E-state index in [1.165, 1.54) is 19.1 Å². The largest absolute Gasteiger partial charge is 0.419 e. The Balaban J connectivity index is 1.55. The third-order valence-electron chi connectivity index (χ3n) is 8.23. The molecule has 1 N–H and O–H groups in total. The van der Waals surface area contributed by atoms with Crippen molar-refractivity contribution in [2.24, 2.45) is 0 Å². The van der Waals surface area contributed by atoms with E-state index in [0.29, 0.717) is 61.9 Å². The summed E-state index contributed by atoms with van der Waals surface area (Å²) >= 11 is 0. The lowest BCUT2D eigenvalue weighted by molar-refractivity contribution is -0.142. The van der Waals surface area contributed by atoms with Crippen molar-refractivity contribution in [3.05, 3.63) is 52.2 Å². The Labute approximate surface area is 224 Å². The van der Waals surface area contributed by atoms with Gasteiger partial charge in [0.15, 0.2) is 0 Å². The van der Waals surface area contributed by atoms with E-state index in [1.807, 2.05) is 11.9 Å². The molecular weight excluding hydrogens is 516 g/mol. The molecular formula is C27H32F4N6O2. The monoisotopic (exact) mass is 548 g/mol. The predicted molar refractivity (Wildman–Crippen MR) is 135 cm³/mol. The van der Waals surface area contributed by atoms with E-state index >= 15 is 0 Å². The van der Waals surface area contributed by atoms with Crippen LogP contribution in [0.1, 0.15) is 60.9 Å². The lowest BCUT2D eigenvalue weighted by atomic mass is 9.76. The smallest absolute Gasteiger partial charge is 0.363 e. The number of aryl methyl sites for hydroxylation is 1. The van der Waals surface area contributed by atoms with Crippen molar-refractivity contribution in [2.45, 2.75) is 63.8 Å². The number of aromatic nitrogens is 2. The number of benzene rings is 1. The minimum Gasteiger partial charge on any atom is -0.363 e. The summed E-state index contributed by atoms with van der Waals surface area (Å²) in [7, 11) is 1.94. The van der Waals surface area contributed by atoms with Gasteiger partial charge >= 0.3 is 6.18 Å². The fourth-order valence-corrected chi connectivity index (χ4v) is 6.21. The van der Waals surface area contributed by atoms with Gasteiger partial charge in [0.05, 0.1) is 29.9 Å². The first-order valence-corrected chi connectivity index (χ1v) is 13.1. The van der Waals surface area contributed by atoms with Gasteiger partial charge < -0.3 is 20.0 Å². The molecule has 2 fully saturated rings. The van der Waals surface area contributed by atoms with E-state index in [-0.39, 0.29) is 30.0 Å². The van der Waals surface area contributed by atoms with E-state index in [4.69, 9.17) is 4.98 Å². The second-order valence-electron chi connectivity index (χ2n) is 10.9. The van der Waals surface area contributed by atoms with Crippen LogP contribution in [0.4, 0.5) is 23.4 Å². The minimum absolute atomic E-state index is 0.0317. The Kier molecular flexibility index (Phi) is 6.80. The summed E-state index contributed by atoms with van der Waals surface area (Å²) in [6, 6.07) is 2.20. The highest BCUT2D eigenvalue weighted by Gasteiger charge is 2.54. The maximum absolute atomic E-state index is 15.0. The molecule has 2 amide bonds. The van der Waals surface area contributed by atoms with E-state index in [2.05, 4.69) is 15.2 Å². The molecule has 1 aromatic heterocycles. The molecule has 0 aliphatic carbocycles. The maximum Gasteiger partial charge on any atom is 0.419 e. The standard InChI is InChI=1S/C27H32F4N6O2/c1-15(19-6-5-7-21(22(19)28)27(29,30)31)32-24-20-13-37(18-8-10-36(12-18)17(3)38)25(39)26(9-11-35(4)14-26)23(20)33-16(2)34-24/h5-7,15,18H,8-14H2,1-4H3,(H,32,33,34)/t15-,18+,26?/m1/s1. The molecule has 4 heterocycles. The van der Waals surface area contributed by atoms with Gasteiger partial charge in [0.2, 0.25) is 11.8 Å². The number of likely N-dealkylation sites (N-methyl/N-ethyl adjacent to an activating group) is 1. The molecule has 12 heteroatoms. The number of halogens is 4. The molecule has 210 valence electrons. The van der Waals surface area contributed by atoms with Gasteiger partial charge in [0.1, 0.15) is 22.9 Å². The fraction of sp³-hybridized carbons (Fsp3) is 0.556. The number of nitrogens with zero attached hydrogens (tertiary/aromatic N) is 5. The third-order valence-corrected chi connectivity index (χ3v) is 8.23. The summed E-state index contributed by atoms with van der Waals surface area (Å²) in [6.07, 6.45) is -3.61. The highest BCUT2D eigenvalue weighted by Crippen LogP contribution is 2.44. The lowest BCUT2D eigenvalue weighted by Gasteiger charge is -2.43. The summed E-state index contributed by atoms with van der Waals surface area (Å²) < 4.78 is 55.0. The van der Waals surface area contributed by atoms with E-state index in [9.17, 15) is 27.2 Å². The Morgan fingerprint density at radius 1 is 1.23 bits per heavy atom. The van der Waals surface area contributed by atoms with Crippen molar-refractivity contribution in [2.75, 3.05) is 38.5 Å². The van der Waals surface area contributed by atoms with Gasteiger partial charge in [0, 0.05) is 37.7 Å². The second-order valence-corrected chi connectivity index (χ2v) is 10.9. The Morgan fingerprint density at radius 2 is 1.97 bits per heavy atom. The fourth-order valence-electron chi connectivity index (χ4n) is 6.21. The number of likely N-dealkylation sites (tertiary alicyclic amines) is 2. The van der Waals surface area contributed by atoms with Crippen molar-refractivity contribution >= 4 is 17.6 Å². The number of hydrogen-bond acceptors (Lipinski definition) is 6. The zero-order chi connectivity index (χ0) is 28.3. The van der Waals surface area contributed by atoms with Crippen LogP contribution in [0.15, 0.2) is 18.2 Å². The SMILES string of the molecule is CC(=O)N1CC[C@H](N2Cc3c(N[C@H](C)c4cccc(C(F)(F)F)c4F)nc(C)nc3C3(CCN(C)C3)C2=O)C1. The number of anilines is 1. The molecule has 0 radical (unpaired) electrons. The van der Waals surface area contributed by atoms with E-state index in [1.54, 1.807) is 18.7 Å². The van der Waals surface area contributed by atoms with Gasteiger partial charge in [-0.25, -0.2) is 14.4 Å². The Hall–Kier alpha value is -3.28. The quantitative estimate of drug-likeness (QED) is 0.588. The van der Waals surface area contributed by atoms with Gasteiger partial charge in [0.25, 0.3) is 0 Å². The molecule has 3 aliphatic rings. The van der Waals surface area contributed by atoms with Crippen LogP contribution < -0.4 is 5.32 Å². The van der Waals surface area contributed by atoms with Gasteiger partial charge in [-0.1, -0.05) is 12.1 Å². The van der Waals surface area contributed by atoms with Crippen LogP contribution in [0.2, 0.25) is 0 Å². The van der Waals surface area contributed by atoms with Crippen LogP contribution in [0.25, 0.3) is 0 Å². The first-order chi connectivity index (χ1) is 18.3. The van der Waals surface area contributed by atoms with Gasteiger partial charge in [-0.15, -0.1) is 0 Å². The topological polar surface area (TPSA) is 81.7 Å². The van der Waals surface area contributed by atoms with Crippen molar-refractivity contribution < 1.29 is 27.2 Å². The molecule has 1 aromatic carbocycles. The number of rotatable bonds is 4. The van der Waals surface area contributed by atoms with Gasteiger partial charge in [-0.05, 0) is 46.3 Å². The molecule has 2 aromatic rings. The number of carbonyl (C=O) groups excluding carboxylic acids is 2.